The minimum Gasteiger partial charge on any atom is -0.324 e. The Morgan fingerprint density at radius 1 is 0.966 bits per heavy atom. The van der Waals surface area contributed by atoms with Crippen molar-refractivity contribution in [1.29, 1.82) is 0 Å². The van der Waals surface area contributed by atoms with Crippen molar-refractivity contribution in [3.8, 4) is 11.4 Å². The van der Waals surface area contributed by atoms with Gasteiger partial charge < -0.3 is 4.57 Å². The van der Waals surface area contributed by atoms with Gasteiger partial charge in [-0.25, -0.2) is 10.5 Å². The molecule has 144 valence electrons. The van der Waals surface area contributed by atoms with E-state index in [9.17, 15) is 4.79 Å². The van der Waals surface area contributed by atoms with Gasteiger partial charge in [-0.2, -0.15) is 0 Å². The maximum absolute atomic E-state index is 11.1. The first-order valence-electron chi connectivity index (χ1n) is 9.46. The topological polar surface area (TPSA) is 67.2 Å². The van der Waals surface area contributed by atoms with Gasteiger partial charge in [0.05, 0.1) is 11.0 Å². The molecule has 0 saturated carbocycles. The molecule has 4 aromatic rings. The van der Waals surface area contributed by atoms with Crippen LogP contribution in [-0.2, 0) is 17.8 Å². The molecular formula is C24H21N3O2. The highest BCUT2D eigenvalue weighted by Crippen LogP contribution is 2.26. The van der Waals surface area contributed by atoms with Crippen LogP contribution in [-0.4, -0.2) is 20.7 Å². The van der Waals surface area contributed by atoms with Gasteiger partial charge in [-0.3, -0.25) is 10.0 Å². The van der Waals surface area contributed by atoms with Crippen LogP contribution in [0.15, 0.2) is 84.9 Å². The first kappa shape index (κ1) is 18.7. The molecule has 0 saturated heterocycles. The van der Waals surface area contributed by atoms with E-state index < -0.39 is 5.91 Å². The summed E-state index contributed by atoms with van der Waals surface area (Å²) in [5.41, 5.74) is 6.84. The molecule has 0 atom stereocenters. The molecule has 5 nitrogen and oxygen atoms in total. The van der Waals surface area contributed by atoms with Gasteiger partial charge in [0.25, 0.3) is 5.91 Å². The van der Waals surface area contributed by atoms with E-state index in [4.69, 9.17) is 10.2 Å². The van der Waals surface area contributed by atoms with Crippen molar-refractivity contribution in [3.63, 3.8) is 0 Å². The molecule has 5 heteroatoms. The number of rotatable bonds is 6. The molecule has 2 N–H and O–H groups in total. The molecule has 0 aliphatic carbocycles. The summed E-state index contributed by atoms with van der Waals surface area (Å²) in [5, 5.41) is 8.58. The van der Waals surface area contributed by atoms with Crippen molar-refractivity contribution in [3.05, 3.63) is 96.1 Å². The number of carbonyl (C=O) groups excluding carboxylic acids is 1. The van der Waals surface area contributed by atoms with E-state index in [-0.39, 0.29) is 0 Å². The van der Waals surface area contributed by atoms with Gasteiger partial charge in [-0.15, -0.1) is 0 Å². The number of hydrogen-bond donors (Lipinski definition) is 2. The lowest BCUT2D eigenvalue weighted by Gasteiger charge is -2.10. The fraction of sp³-hybridized carbons (Fsp3) is 0.0833. The summed E-state index contributed by atoms with van der Waals surface area (Å²) in [5.74, 6) is 0.363. The maximum atomic E-state index is 11.1. The van der Waals surface area contributed by atoms with Crippen LogP contribution in [0.3, 0.4) is 0 Å². The summed E-state index contributed by atoms with van der Waals surface area (Å²) in [7, 11) is 0. The zero-order valence-electron chi connectivity index (χ0n) is 15.8. The van der Waals surface area contributed by atoms with Crippen molar-refractivity contribution in [2.45, 2.75) is 13.0 Å². The number of imidazole rings is 1. The number of fused-ring (bicyclic) bond motifs is 1. The van der Waals surface area contributed by atoms with Gasteiger partial charge in [-0.1, -0.05) is 66.7 Å². The van der Waals surface area contributed by atoms with Crippen LogP contribution < -0.4 is 5.48 Å². The molecule has 1 heterocycles. The fourth-order valence-corrected chi connectivity index (χ4v) is 3.36. The minimum absolute atomic E-state index is 0.559. The van der Waals surface area contributed by atoms with Crippen molar-refractivity contribution in [2.24, 2.45) is 0 Å². The third-order valence-corrected chi connectivity index (χ3v) is 4.83. The summed E-state index contributed by atoms with van der Waals surface area (Å²) in [6.45, 7) is 0.832. The molecule has 0 unspecified atom stereocenters. The molecular weight excluding hydrogens is 362 g/mol. The van der Waals surface area contributed by atoms with Gasteiger partial charge in [0, 0.05) is 18.2 Å². The molecule has 0 aliphatic rings. The predicted octanol–water partition coefficient (Wildman–Crippen LogP) is 4.46. The number of aromatic nitrogens is 2. The Kier molecular flexibility index (Phi) is 5.49. The van der Waals surface area contributed by atoms with Crippen molar-refractivity contribution < 1.29 is 10.0 Å². The monoisotopic (exact) mass is 383 g/mol. The Morgan fingerprint density at radius 3 is 2.45 bits per heavy atom. The van der Waals surface area contributed by atoms with Gasteiger partial charge in [0.15, 0.2) is 0 Å². The summed E-state index contributed by atoms with van der Waals surface area (Å²) in [6.07, 6.45) is 3.85. The van der Waals surface area contributed by atoms with Crippen LogP contribution >= 0.6 is 0 Å². The molecule has 4 rings (SSSR count). The van der Waals surface area contributed by atoms with Crippen molar-refractivity contribution in [2.75, 3.05) is 0 Å². The quantitative estimate of drug-likeness (QED) is 0.293. The molecule has 1 amide bonds. The number of carbonyl (C=O) groups is 1. The normalized spacial score (nSPS) is 11.2. The number of nitrogens with zero attached hydrogens (tertiary/aromatic N) is 2. The lowest BCUT2D eigenvalue weighted by molar-refractivity contribution is -0.124. The second-order valence-corrected chi connectivity index (χ2v) is 6.74. The van der Waals surface area contributed by atoms with Gasteiger partial charge in [0.2, 0.25) is 0 Å². The van der Waals surface area contributed by atoms with Gasteiger partial charge in [-0.05, 0) is 35.8 Å². The largest absolute Gasteiger partial charge is 0.324 e. The molecule has 0 spiro atoms. The summed E-state index contributed by atoms with van der Waals surface area (Å²) in [4.78, 5) is 16.0. The smallest absolute Gasteiger partial charge is 0.267 e. The number of benzene rings is 3. The number of aryl methyl sites for hydroxylation is 2. The van der Waals surface area contributed by atoms with Crippen LogP contribution in [0, 0.1) is 0 Å². The van der Waals surface area contributed by atoms with Crippen molar-refractivity contribution >= 4 is 23.0 Å². The van der Waals surface area contributed by atoms with E-state index in [0.29, 0.717) is 0 Å². The van der Waals surface area contributed by atoms with Crippen LogP contribution in [0.5, 0.6) is 0 Å². The van der Waals surface area contributed by atoms with Crippen molar-refractivity contribution in [1.82, 2.24) is 15.0 Å². The van der Waals surface area contributed by atoms with Crippen LogP contribution in [0.4, 0.5) is 0 Å². The second-order valence-electron chi connectivity index (χ2n) is 6.74. The molecule has 0 aliphatic heterocycles. The minimum atomic E-state index is -0.559. The van der Waals surface area contributed by atoms with E-state index in [1.165, 1.54) is 11.6 Å². The number of para-hydroxylation sites is 2. The lowest BCUT2D eigenvalue weighted by atomic mass is 10.1. The standard InChI is InChI=1S/C24H21N3O2/c28-23(26-29)15-12-19-10-13-20(14-11-19)24-25-21-8-4-5-9-22(21)27(24)17-16-18-6-2-1-3-7-18/h1-15,29H,16-17H2,(H,26,28)/b15-12+. The summed E-state index contributed by atoms with van der Waals surface area (Å²) in [6, 6.07) is 26.4. The molecule has 0 bridgehead atoms. The van der Waals surface area contributed by atoms with E-state index >= 15 is 0 Å². The Labute approximate surface area is 168 Å². The Bertz CT molecular complexity index is 1150. The number of hydroxylamine groups is 1. The predicted molar refractivity (Wildman–Crippen MR) is 114 cm³/mol. The molecule has 3 aromatic carbocycles. The Morgan fingerprint density at radius 2 is 1.69 bits per heavy atom. The lowest BCUT2D eigenvalue weighted by Crippen LogP contribution is -2.14. The second kappa shape index (κ2) is 8.54. The summed E-state index contributed by atoms with van der Waals surface area (Å²) < 4.78 is 2.26. The van der Waals surface area contributed by atoms with E-state index in [1.54, 1.807) is 11.6 Å². The zero-order valence-corrected chi connectivity index (χ0v) is 15.8. The SMILES string of the molecule is O=C(/C=C/c1ccc(-c2nc3ccccc3n2CCc2ccccc2)cc1)NO. The average Bonchev–Trinajstić information content (AvgIpc) is 3.15. The highest BCUT2D eigenvalue weighted by atomic mass is 16.5. The van der Waals surface area contributed by atoms with Crippen LogP contribution in [0.25, 0.3) is 28.5 Å². The molecule has 0 radical (unpaired) electrons. The number of hydrogen-bond acceptors (Lipinski definition) is 3. The Hall–Kier alpha value is -3.70. The third kappa shape index (κ3) is 4.25. The average molecular weight is 383 g/mol. The maximum Gasteiger partial charge on any atom is 0.267 e. The Balaban J connectivity index is 1.66. The molecule has 29 heavy (non-hydrogen) atoms. The highest BCUT2D eigenvalue weighted by molar-refractivity contribution is 5.90. The van der Waals surface area contributed by atoms with Crippen LogP contribution in [0.2, 0.25) is 0 Å². The number of amides is 1. The molecule has 1 aromatic heterocycles. The van der Waals surface area contributed by atoms with Crippen LogP contribution in [0.1, 0.15) is 11.1 Å². The fourth-order valence-electron chi connectivity index (χ4n) is 3.36. The van der Waals surface area contributed by atoms with Gasteiger partial charge in [0.1, 0.15) is 5.82 Å². The first-order valence-corrected chi connectivity index (χ1v) is 9.46. The van der Waals surface area contributed by atoms with E-state index in [2.05, 4.69) is 34.9 Å². The van der Waals surface area contributed by atoms with Gasteiger partial charge >= 0.3 is 0 Å². The van der Waals surface area contributed by atoms with E-state index in [0.717, 1.165) is 41.0 Å². The first-order chi connectivity index (χ1) is 14.2. The molecule has 0 fully saturated rings. The summed E-state index contributed by atoms with van der Waals surface area (Å²) >= 11 is 0. The zero-order chi connectivity index (χ0) is 20.1. The van der Waals surface area contributed by atoms with E-state index in [1.807, 2.05) is 48.5 Å². The third-order valence-electron chi connectivity index (χ3n) is 4.83. The highest BCUT2D eigenvalue weighted by Gasteiger charge is 2.12. The number of nitrogens with one attached hydrogen (secondary N) is 1.